The van der Waals surface area contributed by atoms with Gasteiger partial charge in [0.15, 0.2) is 0 Å². The predicted molar refractivity (Wildman–Crippen MR) is 119 cm³/mol. The number of nitrogens with one attached hydrogen (secondary N) is 1. The summed E-state index contributed by atoms with van der Waals surface area (Å²) in [5.74, 6) is -0.0482. The molecule has 0 heterocycles. The van der Waals surface area contributed by atoms with Crippen molar-refractivity contribution in [1.29, 1.82) is 0 Å². The van der Waals surface area contributed by atoms with E-state index in [0.29, 0.717) is 19.4 Å². The Morgan fingerprint density at radius 1 is 1.03 bits per heavy atom. The molecule has 154 valence electrons. The number of carbonyl (C=O) groups excluding carboxylic acids is 2. The Morgan fingerprint density at radius 3 is 2.34 bits per heavy atom. The van der Waals surface area contributed by atoms with Crippen LogP contribution in [-0.2, 0) is 22.6 Å². The van der Waals surface area contributed by atoms with Gasteiger partial charge in [-0.05, 0) is 49.4 Å². The number of aryl methyl sites for hydroxylation is 1. The molecule has 1 aliphatic rings. The van der Waals surface area contributed by atoms with Gasteiger partial charge in [-0.3, -0.25) is 9.59 Å². The van der Waals surface area contributed by atoms with E-state index in [9.17, 15) is 9.59 Å². The van der Waals surface area contributed by atoms with Gasteiger partial charge >= 0.3 is 0 Å². The number of halogens is 1. The van der Waals surface area contributed by atoms with E-state index in [4.69, 9.17) is 0 Å². The summed E-state index contributed by atoms with van der Waals surface area (Å²) < 4.78 is 0.996. The molecule has 4 nitrogen and oxygen atoms in total. The molecular formula is C24H29BrN2O2. The van der Waals surface area contributed by atoms with Gasteiger partial charge in [0.2, 0.25) is 11.8 Å². The van der Waals surface area contributed by atoms with Gasteiger partial charge < -0.3 is 10.2 Å². The Bertz CT molecular complexity index is 801. The molecule has 1 aliphatic carbocycles. The summed E-state index contributed by atoms with van der Waals surface area (Å²) in [5.41, 5.74) is 2.15. The maximum Gasteiger partial charge on any atom is 0.242 e. The molecule has 2 aromatic rings. The highest BCUT2D eigenvalue weighted by molar-refractivity contribution is 9.10. The Hall–Kier alpha value is -2.14. The number of hydrogen-bond donors (Lipinski definition) is 1. The molecule has 1 fully saturated rings. The van der Waals surface area contributed by atoms with Crippen molar-refractivity contribution in [1.82, 2.24) is 10.2 Å². The van der Waals surface area contributed by atoms with Crippen molar-refractivity contribution in [3.63, 3.8) is 0 Å². The lowest BCUT2D eigenvalue weighted by Gasteiger charge is -2.30. The molecule has 0 bridgehead atoms. The molecule has 2 aromatic carbocycles. The van der Waals surface area contributed by atoms with Crippen molar-refractivity contribution in [3.05, 3.63) is 70.2 Å². The van der Waals surface area contributed by atoms with Crippen LogP contribution in [0.25, 0.3) is 0 Å². The molecule has 2 amide bonds. The third-order valence-corrected chi connectivity index (χ3v) is 6.13. The van der Waals surface area contributed by atoms with Crippen LogP contribution in [0.3, 0.4) is 0 Å². The minimum absolute atomic E-state index is 0.00541. The van der Waals surface area contributed by atoms with Crippen LogP contribution in [0.15, 0.2) is 59.1 Å². The molecule has 5 heteroatoms. The van der Waals surface area contributed by atoms with Crippen molar-refractivity contribution in [2.75, 3.05) is 0 Å². The highest BCUT2D eigenvalue weighted by Crippen LogP contribution is 2.19. The molecule has 0 spiro atoms. The molecule has 1 saturated carbocycles. The van der Waals surface area contributed by atoms with Gasteiger partial charge in [0, 0.05) is 23.5 Å². The zero-order chi connectivity index (χ0) is 20.6. The van der Waals surface area contributed by atoms with Crippen LogP contribution in [0.1, 0.15) is 50.2 Å². The molecule has 1 N–H and O–H groups in total. The van der Waals surface area contributed by atoms with Gasteiger partial charge in [0.1, 0.15) is 6.04 Å². The van der Waals surface area contributed by atoms with E-state index in [1.54, 1.807) is 4.90 Å². The Balaban J connectivity index is 1.69. The van der Waals surface area contributed by atoms with E-state index in [1.807, 2.05) is 61.5 Å². The molecule has 0 radical (unpaired) electrons. The summed E-state index contributed by atoms with van der Waals surface area (Å²) >= 11 is 3.45. The highest BCUT2D eigenvalue weighted by Gasteiger charge is 2.28. The zero-order valence-corrected chi connectivity index (χ0v) is 18.5. The summed E-state index contributed by atoms with van der Waals surface area (Å²) in [6, 6.07) is 17.7. The van der Waals surface area contributed by atoms with Crippen molar-refractivity contribution in [2.24, 2.45) is 0 Å². The minimum Gasteiger partial charge on any atom is -0.352 e. The third kappa shape index (κ3) is 6.43. The van der Waals surface area contributed by atoms with Crippen LogP contribution < -0.4 is 5.32 Å². The van der Waals surface area contributed by atoms with E-state index >= 15 is 0 Å². The van der Waals surface area contributed by atoms with Gasteiger partial charge in [-0.2, -0.15) is 0 Å². The fraction of sp³-hybridized carbons (Fsp3) is 0.417. The maximum atomic E-state index is 13.1. The van der Waals surface area contributed by atoms with E-state index in [1.165, 1.54) is 0 Å². The second-order valence-electron chi connectivity index (χ2n) is 7.80. The van der Waals surface area contributed by atoms with Crippen LogP contribution in [0, 0.1) is 0 Å². The summed E-state index contributed by atoms with van der Waals surface area (Å²) in [7, 11) is 0. The molecule has 0 saturated heterocycles. The number of hydrogen-bond acceptors (Lipinski definition) is 2. The molecule has 29 heavy (non-hydrogen) atoms. The van der Waals surface area contributed by atoms with E-state index in [2.05, 4.69) is 21.2 Å². The minimum atomic E-state index is -0.498. The molecule has 1 atom stereocenters. The van der Waals surface area contributed by atoms with Crippen LogP contribution in [0.4, 0.5) is 0 Å². The number of benzene rings is 2. The average Bonchev–Trinajstić information content (AvgIpc) is 3.25. The first-order valence-electron chi connectivity index (χ1n) is 10.4. The molecule has 3 rings (SSSR count). The molecular weight excluding hydrogens is 428 g/mol. The Kier molecular flexibility index (Phi) is 7.87. The number of carbonyl (C=O) groups is 2. The van der Waals surface area contributed by atoms with Crippen molar-refractivity contribution >= 4 is 27.7 Å². The van der Waals surface area contributed by atoms with Crippen molar-refractivity contribution in [3.8, 4) is 0 Å². The van der Waals surface area contributed by atoms with Gasteiger partial charge in [0.25, 0.3) is 0 Å². The normalized spacial score (nSPS) is 15.1. The number of rotatable bonds is 8. The first-order chi connectivity index (χ1) is 14.0. The topological polar surface area (TPSA) is 49.4 Å². The summed E-state index contributed by atoms with van der Waals surface area (Å²) in [5, 5.41) is 3.14. The SMILES string of the molecule is C[C@H](C(=O)NC1CCCC1)N(Cc1ccc(Br)cc1)C(=O)CCc1ccccc1. The number of nitrogens with zero attached hydrogens (tertiary/aromatic N) is 1. The molecule has 0 aliphatic heterocycles. The Labute approximate surface area is 181 Å². The van der Waals surface area contributed by atoms with E-state index in [0.717, 1.165) is 41.3 Å². The van der Waals surface area contributed by atoms with Crippen LogP contribution in [-0.4, -0.2) is 28.8 Å². The van der Waals surface area contributed by atoms with E-state index < -0.39 is 6.04 Å². The summed E-state index contributed by atoms with van der Waals surface area (Å²) in [6.07, 6.45) is 5.46. The first-order valence-corrected chi connectivity index (χ1v) is 11.2. The fourth-order valence-electron chi connectivity index (χ4n) is 3.80. The zero-order valence-electron chi connectivity index (χ0n) is 16.9. The summed E-state index contributed by atoms with van der Waals surface area (Å²) in [4.78, 5) is 27.7. The smallest absolute Gasteiger partial charge is 0.242 e. The van der Waals surface area contributed by atoms with Crippen LogP contribution in [0.2, 0.25) is 0 Å². The quantitative estimate of drug-likeness (QED) is 0.616. The van der Waals surface area contributed by atoms with Crippen molar-refractivity contribution in [2.45, 2.75) is 64.1 Å². The monoisotopic (exact) mass is 456 g/mol. The second kappa shape index (κ2) is 10.6. The average molecular weight is 457 g/mol. The van der Waals surface area contributed by atoms with Gasteiger partial charge in [-0.1, -0.05) is 71.2 Å². The van der Waals surface area contributed by atoms with Gasteiger partial charge in [0.05, 0.1) is 0 Å². The first kappa shape index (κ1) is 21.6. The maximum absolute atomic E-state index is 13.1. The lowest BCUT2D eigenvalue weighted by atomic mass is 10.1. The van der Waals surface area contributed by atoms with Crippen molar-refractivity contribution < 1.29 is 9.59 Å². The Morgan fingerprint density at radius 2 is 1.69 bits per heavy atom. The lowest BCUT2D eigenvalue weighted by molar-refractivity contribution is -0.140. The standard InChI is InChI=1S/C24H29BrN2O2/c1-18(24(29)26-22-9-5-6-10-22)27(17-20-11-14-21(25)15-12-20)23(28)16-13-19-7-3-2-4-8-19/h2-4,7-8,11-12,14-15,18,22H,5-6,9-10,13,16-17H2,1H3,(H,26,29)/t18-/m1/s1. The second-order valence-corrected chi connectivity index (χ2v) is 8.72. The third-order valence-electron chi connectivity index (χ3n) is 5.61. The molecule has 0 aromatic heterocycles. The predicted octanol–water partition coefficient (Wildman–Crippen LogP) is 4.86. The van der Waals surface area contributed by atoms with E-state index in [-0.39, 0.29) is 17.9 Å². The van der Waals surface area contributed by atoms with Gasteiger partial charge in [-0.25, -0.2) is 0 Å². The highest BCUT2D eigenvalue weighted by atomic mass is 79.9. The largest absolute Gasteiger partial charge is 0.352 e. The summed E-state index contributed by atoms with van der Waals surface area (Å²) in [6.45, 7) is 2.27. The lowest BCUT2D eigenvalue weighted by Crippen LogP contribution is -2.49. The van der Waals surface area contributed by atoms with Crippen LogP contribution >= 0.6 is 15.9 Å². The molecule has 0 unspecified atom stereocenters. The fourth-order valence-corrected chi connectivity index (χ4v) is 4.06. The van der Waals surface area contributed by atoms with Gasteiger partial charge in [-0.15, -0.1) is 0 Å². The van der Waals surface area contributed by atoms with Crippen LogP contribution in [0.5, 0.6) is 0 Å². The number of amides is 2.